The topological polar surface area (TPSA) is 12.0 Å². The summed E-state index contributed by atoms with van der Waals surface area (Å²) in [6, 6.07) is 16.4. The van der Waals surface area contributed by atoms with Gasteiger partial charge in [0.25, 0.3) is 0 Å². The Morgan fingerprint density at radius 2 is 1.90 bits per heavy atom. The summed E-state index contributed by atoms with van der Waals surface area (Å²) in [5.74, 6) is 0.180. The molecule has 0 heterocycles. The van der Waals surface area contributed by atoms with Gasteiger partial charge in [0.15, 0.2) is 0 Å². The van der Waals surface area contributed by atoms with Gasteiger partial charge in [0.2, 0.25) is 0 Å². The molecule has 0 radical (unpaired) electrons. The Labute approximate surface area is 133 Å². The summed E-state index contributed by atoms with van der Waals surface area (Å²) in [5.41, 5.74) is 2.05. The van der Waals surface area contributed by atoms with E-state index < -0.39 is 0 Å². The number of rotatable bonds is 6. The standard InChI is InChI=1S/C18H19BrFN/c19-16-7-6-14(18(20)11-16)10-15(12-21-17-8-9-17)13-4-2-1-3-5-13/h1-7,11,15,17,21H,8-10,12H2. The molecule has 21 heavy (non-hydrogen) atoms. The Morgan fingerprint density at radius 3 is 2.57 bits per heavy atom. The Balaban J connectivity index is 1.77. The lowest BCUT2D eigenvalue weighted by atomic mass is 9.91. The van der Waals surface area contributed by atoms with Crippen LogP contribution in [0.5, 0.6) is 0 Å². The minimum Gasteiger partial charge on any atom is -0.313 e. The molecule has 1 aliphatic rings. The van der Waals surface area contributed by atoms with E-state index in [1.807, 2.05) is 18.2 Å². The maximum atomic E-state index is 14.1. The third-order valence-corrected chi connectivity index (χ3v) is 4.48. The molecular formula is C18H19BrFN. The van der Waals surface area contributed by atoms with Crippen LogP contribution >= 0.6 is 15.9 Å². The number of hydrogen-bond donors (Lipinski definition) is 1. The highest BCUT2D eigenvalue weighted by Crippen LogP contribution is 2.26. The number of benzene rings is 2. The summed E-state index contributed by atoms with van der Waals surface area (Å²) in [6.45, 7) is 0.907. The third kappa shape index (κ3) is 4.14. The molecule has 1 N–H and O–H groups in total. The Hall–Kier alpha value is -1.19. The van der Waals surface area contributed by atoms with E-state index in [1.165, 1.54) is 18.4 Å². The van der Waals surface area contributed by atoms with Gasteiger partial charge >= 0.3 is 0 Å². The molecule has 1 atom stereocenters. The van der Waals surface area contributed by atoms with Crippen LogP contribution in [0.2, 0.25) is 0 Å². The van der Waals surface area contributed by atoms with Crippen molar-refractivity contribution in [3.63, 3.8) is 0 Å². The number of halogens is 2. The minimum atomic E-state index is -0.128. The average Bonchev–Trinajstić information content (AvgIpc) is 3.31. The predicted octanol–water partition coefficient (Wildman–Crippen LogP) is 4.67. The molecule has 2 aromatic carbocycles. The van der Waals surface area contributed by atoms with Gasteiger partial charge in [-0.1, -0.05) is 52.3 Å². The second-order valence-electron chi connectivity index (χ2n) is 5.73. The lowest BCUT2D eigenvalue weighted by Crippen LogP contribution is -2.25. The molecule has 3 heteroatoms. The zero-order chi connectivity index (χ0) is 14.7. The van der Waals surface area contributed by atoms with Gasteiger partial charge in [-0.15, -0.1) is 0 Å². The van der Waals surface area contributed by atoms with E-state index in [0.29, 0.717) is 12.0 Å². The Kier molecular flexibility index (Phi) is 4.71. The van der Waals surface area contributed by atoms with E-state index >= 15 is 0 Å². The van der Waals surface area contributed by atoms with Crippen molar-refractivity contribution in [1.82, 2.24) is 5.32 Å². The van der Waals surface area contributed by atoms with Crippen LogP contribution in [-0.4, -0.2) is 12.6 Å². The lowest BCUT2D eigenvalue weighted by molar-refractivity contribution is 0.552. The van der Waals surface area contributed by atoms with Gasteiger partial charge in [0.05, 0.1) is 0 Å². The van der Waals surface area contributed by atoms with Crippen LogP contribution in [0, 0.1) is 5.82 Å². The Bertz CT molecular complexity index is 595. The van der Waals surface area contributed by atoms with Gasteiger partial charge in [-0.05, 0) is 42.5 Å². The molecule has 0 saturated heterocycles. The van der Waals surface area contributed by atoms with Crippen LogP contribution in [0.25, 0.3) is 0 Å². The second-order valence-corrected chi connectivity index (χ2v) is 6.65. The maximum absolute atomic E-state index is 14.1. The van der Waals surface area contributed by atoms with Crippen molar-refractivity contribution < 1.29 is 4.39 Å². The first-order valence-corrected chi connectivity index (χ1v) is 8.24. The van der Waals surface area contributed by atoms with Crippen LogP contribution in [0.4, 0.5) is 4.39 Å². The molecule has 0 aromatic heterocycles. The summed E-state index contributed by atoms with van der Waals surface area (Å²) in [6.07, 6.45) is 3.27. The van der Waals surface area contributed by atoms with E-state index in [4.69, 9.17) is 0 Å². The SMILES string of the molecule is Fc1cc(Br)ccc1CC(CNC1CC1)c1ccccc1. The van der Waals surface area contributed by atoms with Gasteiger partial charge in [-0.25, -0.2) is 4.39 Å². The number of nitrogens with one attached hydrogen (secondary N) is 1. The van der Waals surface area contributed by atoms with Crippen molar-refractivity contribution in [2.45, 2.75) is 31.2 Å². The van der Waals surface area contributed by atoms with Gasteiger partial charge < -0.3 is 5.32 Å². The molecule has 1 aliphatic carbocycles. The van der Waals surface area contributed by atoms with Gasteiger partial charge in [0, 0.05) is 23.0 Å². The fourth-order valence-electron chi connectivity index (χ4n) is 2.58. The molecule has 2 aromatic rings. The molecule has 0 aliphatic heterocycles. The maximum Gasteiger partial charge on any atom is 0.127 e. The van der Waals surface area contributed by atoms with Crippen molar-refractivity contribution >= 4 is 15.9 Å². The highest BCUT2D eigenvalue weighted by Gasteiger charge is 2.23. The molecule has 0 amide bonds. The monoisotopic (exact) mass is 347 g/mol. The Morgan fingerprint density at radius 1 is 1.14 bits per heavy atom. The molecule has 3 rings (SSSR count). The molecule has 0 spiro atoms. The van der Waals surface area contributed by atoms with Gasteiger partial charge in [0.1, 0.15) is 5.82 Å². The molecule has 110 valence electrons. The molecule has 0 bridgehead atoms. The third-order valence-electron chi connectivity index (χ3n) is 3.98. The van der Waals surface area contributed by atoms with Crippen LogP contribution < -0.4 is 5.32 Å². The first-order valence-electron chi connectivity index (χ1n) is 7.44. The lowest BCUT2D eigenvalue weighted by Gasteiger charge is -2.19. The van der Waals surface area contributed by atoms with E-state index in [-0.39, 0.29) is 5.82 Å². The van der Waals surface area contributed by atoms with E-state index in [1.54, 1.807) is 6.07 Å². The van der Waals surface area contributed by atoms with Crippen molar-refractivity contribution in [3.05, 3.63) is 69.9 Å². The smallest absolute Gasteiger partial charge is 0.127 e. The summed E-state index contributed by atoms with van der Waals surface area (Å²) in [4.78, 5) is 0. The first-order chi connectivity index (χ1) is 10.2. The highest BCUT2D eigenvalue weighted by molar-refractivity contribution is 9.10. The second kappa shape index (κ2) is 6.71. The molecule has 1 saturated carbocycles. The highest BCUT2D eigenvalue weighted by atomic mass is 79.9. The zero-order valence-corrected chi connectivity index (χ0v) is 13.4. The van der Waals surface area contributed by atoms with Crippen molar-refractivity contribution in [3.8, 4) is 0 Å². The van der Waals surface area contributed by atoms with Gasteiger partial charge in [-0.3, -0.25) is 0 Å². The normalized spacial score (nSPS) is 15.9. The summed E-state index contributed by atoms with van der Waals surface area (Å²) < 4.78 is 14.9. The number of hydrogen-bond acceptors (Lipinski definition) is 1. The van der Waals surface area contributed by atoms with E-state index in [9.17, 15) is 4.39 Å². The zero-order valence-electron chi connectivity index (χ0n) is 11.9. The first kappa shape index (κ1) is 14.7. The average molecular weight is 348 g/mol. The molecule has 1 fully saturated rings. The minimum absolute atomic E-state index is 0.128. The van der Waals surface area contributed by atoms with Crippen molar-refractivity contribution in [2.75, 3.05) is 6.54 Å². The van der Waals surface area contributed by atoms with Gasteiger partial charge in [-0.2, -0.15) is 0 Å². The molecular weight excluding hydrogens is 329 g/mol. The summed E-state index contributed by atoms with van der Waals surface area (Å²) in [7, 11) is 0. The largest absolute Gasteiger partial charge is 0.313 e. The van der Waals surface area contributed by atoms with Crippen LogP contribution in [-0.2, 0) is 6.42 Å². The predicted molar refractivity (Wildman–Crippen MR) is 88.0 cm³/mol. The van der Waals surface area contributed by atoms with Crippen LogP contribution in [0.1, 0.15) is 29.9 Å². The summed E-state index contributed by atoms with van der Waals surface area (Å²) in [5, 5.41) is 3.57. The van der Waals surface area contributed by atoms with Crippen LogP contribution in [0.15, 0.2) is 53.0 Å². The summed E-state index contributed by atoms with van der Waals surface area (Å²) >= 11 is 3.31. The van der Waals surface area contributed by atoms with Crippen molar-refractivity contribution in [1.29, 1.82) is 0 Å². The molecule has 1 unspecified atom stereocenters. The fourth-order valence-corrected chi connectivity index (χ4v) is 2.92. The van der Waals surface area contributed by atoms with Crippen LogP contribution in [0.3, 0.4) is 0 Å². The van der Waals surface area contributed by atoms with E-state index in [0.717, 1.165) is 23.0 Å². The quantitative estimate of drug-likeness (QED) is 0.800. The van der Waals surface area contributed by atoms with E-state index in [2.05, 4.69) is 45.5 Å². The van der Waals surface area contributed by atoms with Crippen molar-refractivity contribution in [2.24, 2.45) is 0 Å². The molecule has 1 nitrogen and oxygen atoms in total. The fraction of sp³-hybridized carbons (Fsp3) is 0.333.